The Labute approximate surface area is 366 Å². The van der Waals surface area contributed by atoms with E-state index in [9.17, 15) is 19.2 Å². The average molecular weight is 845 g/mol. The molecule has 2 heterocycles. The zero-order chi connectivity index (χ0) is 45.0. The van der Waals surface area contributed by atoms with Crippen molar-refractivity contribution in [3.8, 4) is 11.5 Å². The first-order chi connectivity index (χ1) is 29.0. The molecular formula is C51H76N2O8. The monoisotopic (exact) mass is 845 g/mol. The quantitative estimate of drug-likeness (QED) is 0.0356. The fraction of sp³-hybridized carbons (Fsp3) is 0.647. The summed E-state index contributed by atoms with van der Waals surface area (Å²) in [6.45, 7) is 26.7. The van der Waals surface area contributed by atoms with Gasteiger partial charge in [-0.2, -0.15) is 0 Å². The predicted molar refractivity (Wildman–Crippen MR) is 245 cm³/mol. The number of benzene rings is 2. The number of rotatable bonds is 25. The minimum absolute atomic E-state index is 0.0183. The van der Waals surface area contributed by atoms with E-state index < -0.39 is 18.2 Å². The lowest BCUT2D eigenvalue weighted by Gasteiger charge is -2.42. The molecule has 10 nitrogen and oxygen atoms in total. The zero-order valence-electron chi connectivity index (χ0n) is 39.4. The topological polar surface area (TPSA) is 113 Å². The predicted octanol–water partition coefficient (Wildman–Crippen LogP) is 11.4. The Hall–Kier alpha value is -4.34. The highest BCUT2D eigenvalue weighted by Gasteiger charge is 2.35. The third-order valence-electron chi connectivity index (χ3n) is 12.5. The molecule has 0 saturated heterocycles. The number of carbonyl (C=O) groups is 4. The summed E-state index contributed by atoms with van der Waals surface area (Å²) in [5.74, 6) is 0.866. The number of unbranched alkanes of at least 4 members (excludes halogenated alkanes) is 2. The largest absolute Gasteiger partial charge is 0.478 e. The smallest absolute Gasteiger partial charge is 0.347 e. The van der Waals surface area contributed by atoms with Gasteiger partial charge in [0.15, 0.2) is 18.0 Å². The summed E-state index contributed by atoms with van der Waals surface area (Å²) in [5, 5.41) is 0.767. The molecule has 0 aliphatic carbocycles. The van der Waals surface area contributed by atoms with Crippen molar-refractivity contribution in [3.05, 3.63) is 53.2 Å². The molecule has 5 unspecified atom stereocenters. The van der Waals surface area contributed by atoms with Crippen molar-refractivity contribution < 1.29 is 38.1 Å². The molecule has 3 aromatic rings. The number of esters is 2. The molecule has 0 N–H and O–H groups in total. The molecule has 4 rings (SSSR count). The van der Waals surface area contributed by atoms with Crippen LogP contribution in [0, 0.1) is 30.1 Å². The number of hydrogen-bond donors (Lipinski definition) is 0. The van der Waals surface area contributed by atoms with Crippen molar-refractivity contribution in [1.29, 1.82) is 0 Å². The van der Waals surface area contributed by atoms with E-state index in [-0.39, 0.29) is 47.6 Å². The van der Waals surface area contributed by atoms with E-state index in [0.29, 0.717) is 36.0 Å². The number of nitrogens with zero attached hydrogens (tertiary/aromatic N) is 2. The molecular weight excluding hydrogens is 769 g/mol. The van der Waals surface area contributed by atoms with Gasteiger partial charge >= 0.3 is 11.9 Å². The molecule has 0 bridgehead atoms. The first kappa shape index (κ1) is 49.3. The van der Waals surface area contributed by atoms with Crippen LogP contribution < -0.4 is 14.4 Å². The van der Waals surface area contributed by atoms with Gasteiger partial charge < -0.3 is 33.2 Å². The zero-order valence-corrected chi connectivity index (χ0v) is 39.4. The van der Waals surface area contributed by atoms with Crippen LogP contribution in [0.2, 0.25) is 0 Å². The van der Waals surface area contributed by atoms with Crippen molar-refractivity contribution in [2.75, 3.05) is 24.7 Å². The highest BCUT2D eigenvalue weighted by atomic mass is 16.6. The van der Waals surface area contributed by atoms with Crippen LogP contribution in [0.3, 0.4) is 0 Å². The Morgan fingerprint density at radius 2 is 1.44 bits per heavy atom. The summed E-state index contributed by atoms with van der Waals surface area (Å²) in [4.78, 5) is 52.9. The molecule has 338 valence electrons. The van der Waals surface area contributed by atoms with E-state index in [0.717, 1.165) is 98.6 Å². The molecule has 0 radical (unpaired) electrons. The summed E-state index contributed by atoms with van der Waals surface area (Å²) in [7, 11) is 0. The Bertz CT molecular complexity index is 1930. The number of ketones is 1. The second-order valence-electron chi connectivity index (χ2n) is 18.9. The SMILES string of the molecule is CCOC(=O)C(Oc1cccc2c1C(CC=O)CC(C)N2CCCC(C)CC(C)(C)CCCCCn1c(C)c(C(C)=O)c2c(OC(C(=O)OCC)C(C)C)cccc21)C(C)C. The summed E-state index contributed by atoms with van der Waals surface area (Å²) >= 11 is 0. The number of fused-ring (bicyclic) bond motifs is 2. The van der Waals surface area contributed by atoms with Crippen molar-refractivity contribution >= 4 is 40.6 Å². The number of aldehydes is 1. The number of aromatic nitrogens is 1. The lowest BCUT2D eigenvalue weighted by atomic mass is 9.78. The van der Waals surface area contributed by atoms with E-state index in [2.05, 4.69) is 43.2 Å². The van der Waals surface area contributed by atoms with Crippen LogP contribution in [0.4, 0.5) is 5.69 Å². The molecule has 1 aliphatic heterocycles. The Morgan fingerprint density at radius 3 is 2.03 bits per heavy atom. The second-order valence-corrected chi connectivity index (χ2v) is 18.9. The molecule has 0 amide bonds. The lowest BCUT2D eigenvalue weighted by molar-refractivity contribution is -0.154. The van der Waals surface area contributed by atoms with Crippen molar-refractivity contribution in [3.63, 3.8) is 0 Å². The van der Waals surface area contributed by atoms with Gasteiger partial charge in [0.25, 0.3) is 0 Å². The van der Waals surface area contributed by atoms with Crippen LogP contribution in [0.25, 0.3) is 10.9 Å². The van der Waals surface area contributed by atoms with Crippen molar-refractivity contribution in [2.24, 2.45) is 23.2 Å². The number of anilines is 1. The molecule has 0 fully saturated rings. The average Bonchev–Trinajstić information content (AvgIpc) is 3.47. The maximum atomic E-state index is 13.0. The highest BCUT2D eigenvalue weighted by Crippen LogP contribution is 2.46. The molecule has 2 aromatic carbocycles. The van der Waals surface area contributed by atoms with Crippen LogP contribution in [0.5, 0.6) is 11.5 Å². The van der Waals surface area contributed by atoms with Crippen molar-refractivity contribution in [1.82, 2.24) is 4.57 Å². The fourth-order valence-corrected chi connectivity index (χ4v) is 9.61. The van der Waals surface area contributed by atoms with Gasteiger partial charge in [0, 0.05) is 59.9 Å². The van der Waals surface area contributed by atoms with E-state index in [1.807, 2.05) is 65.0 Å². The Kier molecular flexibility index (Phi) is 18.3. The molecule has 0 saturated carbocycles. The molecule has 5 atom stereocenters. The summed E-state index contributed by atoms with van der Waals surface area (Å²) in [6.07, 6.45) is 8.47. The number of ether oxygens (including phenoxy) is 4. The van der Waals surface area contributed by atoms with Gasteiger partial charge in [0.1, 0.15) is 17.8 Å². The summed E-state index contributed by atoms with van der Waals surface area (Å²) < 4.78 is 25.7. The van der Waals surface area contributed by atoms with Gasteiger partial charge in [-0.1, -0.05) is 73.4 Å². The molecule has 1 aromatic heterocycles. The lowest BCUT2D eigenvalue weighted by Crippen LogP contribution is -2.40. The van der Waals surface area contributed by atoms with Gasteiger partial charge in [0.2, 0.25) is 0 Å². The van der Waals surface area contributed by atoms with Crippen molar-refractivity contribution in [2.45, 2.75) is 172 Å². The molecule has 0 spiro atoms. The Balaban J connectivity index is 1.34. The first-order valence-electron chi connectivity index (χ1n) is 23.1. The second kappa shape index (κ2) is 22.7. The van der Waals surface area contributed by atoms with Gasteiger partial charge in [-0.15, -0.1) is 0 Å². The Morgan fingerprint density at radius 1 is 0.836 bits per heavy atom. The van der Waals surface area contributed by atoms with Gasteiger partial charge in [-0.3, -0.25) is 4.79 Å². The minimum Gasteiger partial charge on any atom is -0.478 e. The summed E-state index contributed by atoms with van der Waals surface area (Å²) in [6, 6.07) is 12.2. The van der Waals surface area contributed by atoms with Crippen LogP contribution in [-0.4, -0.2) is 66.6 Å². The number of aryl methyl sites for hydroxylation is 1. The van der Waals surface area contributed by atoms with E-state index in [1.54, 1.807) is 20.8 Å². The number of hydrogen-bond acceptors (Lipinski definition) is 9. The normalized spacial score (nSPS) is 16.9. The minimum atomic E-state index is -0.766. The fourth-order valence-electron chi connectivity index (χ4n) is 9.61. The van der Waals surface area contributed by atoms with Crippen LogP contribution >= 0.6 is 0 Å². The highest BCUT2D eigenvalue weighted by molar-refractivity contribution is 6.10. The molecule has 61 heavy (non-hydrogen) atoms. The van der Waals surface area contributed by atoms with E-state index in [1.165, 1.54) is 0 Å². The maximum absolute atomic E-state index is 13.0. The molecule has 10 heteroatoms. The van der Waals surface area contributed by atoms with Crippen LogP contribution in [-0.2, 0) is 30.4 Å². The number of carbonyl (C=O) groups excluding carboxylic acids is 4. The van der Waals surface area contributed by atoms with Crippen LogP contribution in [0.15, 0.2) is 36.4 Å². The third-order valence-corrected chi connectivity index (χ3v) is 12.5. The van der Waals surface area contributed by atoms with E-state index >= 15 is 0 Å². The van der Waals surface area contributed by atoms with Gasteiger partial charge in [-0.25, -0.2) is 9.59 Å². The van der Waals surface area contributed by atoms with Gasteiger partial charge in [0.05, 0.1) is 24.1 Å². The van der Waals surface area contributed by atoms with Gasteiger partial charge in [-0.05, 0) is 115 Å². The third kappa shape index (κ3) is 12.6. The standard InChI is InChI=1S/C51H76N2O8/c1-13-58-49(56)47(33(3)4)60-42-24-18-22-40-45(42)39(26-30-54)31-36(8)52(40)29-20-21-35(7)32-51(11,12)27-16-15-17-28-53-37(9)44(38(10)55)46-41(53)23-19-25-43(46)61-48(34(5)6)50(57)59-14-2/h18-19,22-25,30,33-36,39,47-48H,13-17,20-21,26-29,31-32H2,1-12H3. The summed E-state index contributed by atoms with van der Waals surface area (Å²) in [5.41, 5.74) is 4.87. The maximum Gasteiger partial charge on any atom is 0.347 e. The van der Waals surface area contributed by atoms with Crippen LogP contribution in [0.1, 0.15) is 161 Å². The first-order valence-corrected chi connectivity index (χ1v) is 23.1. The van der Waals surface area contributed by atoms with E-state index in [4.69, 9.17) is 18.9 Å². The molecule has 1 aliphatic rings. The number of Topliss-reactive ketones (excluding diaryl/α,β-unsaturated/α-hetero) is 1.